The molecule has 0 aliphatic carbocycles. The van der Waals surface area contributed by atoms with Crippen LogP contribution in [0.4, 0.5) is 5.69 Å². The molecule has 206 valence electrons. The number of carbonyl (C=O) groups excluding carboxylic acids is 1. The highest BCUT2D eigenvalue weighted by molar-refractivity contribution is 7.92. The van der Waals surface area contributed by atoms with Crippen molar-refractivity contribution in [1.82, 2.24) is 15.5 Å². The van der Waals surface area contributed by atoms with Gasteiger partial charge in [-0.2, -0.15) is 10.2 Å². The molecule has 6 aromatic rings. The lowest BCUT2D eigenvalue weighted by Crippen LogP contribution is -2.25. The van der Waals surface area contributed by atoms with Crippen LogP contribution in [0, 0.1) is 6.92 Å². The lowest BCUT2D eigenvalue weighted by molar-refractivity contribution is 0.0964. The zero-order valence-corrected chi connectivity index (χ0v) is 24.4. The molecule has 0 aliphatic heterocycles. The largest absolute Gasteiger partial charge is 0.455 e. The van der Waals surface area contributed by atoms with Gasteiger partial charge in [0.2, 0.25) is 10.0 Å². The molecule has 0 aliphatic rings. The van der Waals surface area contributed by atoms with Crippen LogP contribution in [0.1, 0.15) is 15.9 Å². The van der Waals surface area contributed by atoms with E-state index >= 15 is 0 Å². The second-order valence-electron chi connectivity index (χ2n) is 9.83. The third-order valence-corrected chi connectivity index (χ3v) is 9.41. The number of hydrogen-bond acceptors (Lipinski definition) is 7. The van der Waals surface area contributed by atoms with Gasteiger partial charge < -0.3 is 9.73 Å². The molecular weight excluding hydrogens is 556 g/mol. The molecule has 0 spiro atoms. The quantitative estimate of drug-likeness (QED) is 0.240. The van der Waals surface area contributed by atoms with Crippen LogP contribution in [0.2, 0.25) is 0 Å². The predicted molar refractivity (Wildman–Crippen MR) is 165 cm³/mol. The van der Waals surface area contributed by atoms with Crippen molar-refractivity contribution in [1.29, 1.82) is 0 Å². The Morgan fingerprint density at radius 1 is 1.00 bits per heavy atom. The summed E-state index contributed by atoms with van der Waals surface area (Å²) in [6.07, 6.45) is 2.83. The number of aromatic nitrogens is 2. The Hall–Kier alpha value is -4.54. The van der Waals surface area contributed by atoms with Crippen molar-refractivity contribution in [3.05, 3.63) is 90.1 Å². The van der Waals surface area contributed by atoms with Gasteiger partial charge in [-0.15, -0.1) is 11.3 Å². The molecule has 0 saturated carbocycles. The van der Waals surface area contributed by atoms with Crippen LogP contribution in [0.25, 0.3) is 54.1 Å². The van der Waals surface area contributed by atoms with Gasteiger partial charge in [-0.05, 0) is 36.6 Å². The minimum atomic E-state index is -3.65. The van der Waals surface area contributed by atoms with Gasteiger partial charge in [-0.25, -0.2) is 8.42 Å². The highest BCUT2D eigenvalue weighted by atomic mass is 32.2. The molecule has 3 aromatic carbocycles. The van der Waals surface area contributed by atoms with Crippen LogP contribution < -0.4 is 9.62 Å². The predicted octanol–water partition coefficient (Wildman–Crippen LogP) is 6.50. The summed E-state index contributed by atoms with van der Waals surface area (Å²) in [6, 6.07) is 23.2. The van der Waals surface area contributed by atoms with Crippen molar-refractivity contribution < 1.29 is 17.6 Å². The fourth-order valence-electron chi connectivity index (χ4n) is 4.79. The summed E-state index contributed by atoms with van der Waals surface area (Å²) in [6.45, 7) is 1.98. The molecule has 0 fully saturated rings. The first-order valence-electron chi connectivity index (χ1n) is 12.8. The number of rotatable bonds is 6. The molecule has 0 radical (unpaired) electrons. The first-order chi connectivity index (χ1) is 19.6. The summed E-state index contributed by atoms with van der Waals surface area (Å²) in [7, 11) is -0.608. The number of benzene rings is 3. The fraction of sp³-hybridized carbons (Fsp3) is 0.129. The minimum absolute atomic E-state index is 0.320. The van der Waals surface area contributed by atoms with E-state index in [0.717, 1.165) is 37.9 Å². The van der Waals surface area contributed by atoms with E-state index in [9.17, 15) is 13.2 Å². The van der Waals surface area contributed by atoms with E-state index < -0.39 is 10.0 Å². The molecule has 6 rings (SSSR count). The lowest BCUT2D eigenvalue weighted by atomic mass is 10.00. The molecule has 1 amide bonds. The fourth-order valence-corrected chi connectivity index (χ4v) is 6.34. The van der Waals surface area contributed by atoms with E-state index in [1.165, 1.54) is 11.4 Å². The number of nitrogens with one attached hydrogen (secondary N) is 1. The van der Waals surface area contributed by atoms with Gasteiger partial charge in [-0.1, -0.05) is 48.0 Å². The molecule has 0 bridgehead atoms. The van der Waals surface area contributed by atoms with Crippen LogP contribution in [0.5, 0.6) is 0 Å². The summed E-state index contributed by atoms with van der Waals surface area (Å²) in [4.78, 5) is 14.2. The van der Waals surface area contributed by atoms with Crippen LogP contribution in [-0.2, 0) is 10.0 Å². The molecular formula is C31H26N4O4S2. The Kier molecular flexibility index (Phi) is 6.59. The molecule has 0 unspecified atom stereocenters. The van der Waals surface area contributed by atoms with Crippen LogP contribution >= 0.6 is 11.3 Å². The summed E-state index contributed by atoms with van der Waals surface area (Å²) in [5.41, 5.74) is 4.71. The van der Waals surface area contributed by atoms with Gasteiger partial charge in [0.25, 0.3) is 5.91 Å². The Balaban J connectivity index is 1.61. The lowest BCUT2D eigenvalue weighted by Gasteiger charge is -2.20. The van der Waals surface area contributed by atoms with Gasteiger partial charge in [0, 0.05) is 51.8 Å². The summed E-state index contributed by atoms with van der Waals surface area (Å²) < 4.78 is 34.0. The molecule has 0 atom stereocenters. The number of aryl methyl sites for hydroxylation is 1. The van der Waals surface area contributed by atoms with E-state index in [4.69, 9.17) is 4.42 Å². The van der Waals surface area contributed by atoms with Gasteiger partial charge in [0.15, 0.2) is 0 Å². The van der Waals surface area contributed by atoms with E-state index in [2.05, 4.69) is 33.7 Å². The van der Waals surface area contributed by atoms with E-state index in [0.29, 0.717) is 39.2 Å². The number of carbonyl (C=O) groups is 1. The van der Waals surface area contributed by atoms with Gasteiger partial charge in [0.05, 0.1) is 29.4 Å². The van der Waals surface area contributed by atoms with Crippen molar-refractivity contribution in [2.75, 3.05) is 24.7 Å². The Bertz CT molecular complexity index is 2030. The molecule has 8 nitrogen and oxygen atoms in total. The molecule has 0 saturated heterocycles. The van der Waals surface area contributed by atoms with E-state index in [1.807, 2.05) is 49.4 Å². The number of hydrogen-bond donors (Lipinski definition) is 1. The zero-order chi connectivity index (χ0) is 28.9. The van der Waals surface area contributed by atoms with Crippen LogP contribution in [-0.4, -0.2) is 44.9 Å². The first kappa shape index (κ1) is 26.7. The van der Waals surface area contributed by atoms with Gasteiger partial charge in [0.1, 0.15) is 11.3 Å². The molecule has 3 heterocycles. The van der Waals surface area contributed by atoms with E-state index in [-0.39, 0.29) is 5.91 Å². The Labute approximate surface area is 241 Å². The van der Waals surface area contributed by atoms with Crippen molar-refractivity contribution in [2.45, 2.75) is 6.92 Å². The van der Waals surface area contributed by atoms with Crippen molar-refractivity contribution in [3.63, 3.8) is 0 Å². The Morgan fingerprint density at radius 3 is 2.46 bits per heavy atom. The smallest absolute Gasteiger partial charge is 0.255 e. The highest BCUT2D eigenvalue weighted by Crippen LogP contribution is 2.42. The maximum absolute atomic E-state index is 13.2. The Morgan fingerprint density at radius 2 is 1.76 bits per heavy atom. The topological polar surface area (TPSA) is 105 Å². The number of anilines is 1. The van der Waals surface area contributed by atoms with Crippen molar-refractivity contribution in [3.8, 4) is 33.0 Å². The second kappa shape index (κ2) is 10.1. The average molecular weight is 583 g/mol. The molecule has 3 aromatic heterocycles. The maximum Gasteiger partial charge on any atom is 0.255 e. The van der Waals surface area contributed by atoms with E-state index in [1.54, 1.807) is 36.7 Å². The third-order valence-electron chi connectivity index (χ3n) is 7.05. The summed E-state index contributed by atoms with van der Waals surface area (Å²) >= 11 is 1.64. The van der Waals surface area contributed by atoms with Crippen LogP contribution in [0.15, 0.2) is 83.4 Å². The van der Waals surface area contributed by atoms with Crippen molar-refractivity contribution >= 4 is 54.0 Å². The minimum Gasteiger partial charge on any atom is -0.455 e. The number of nitrogens with zero attached hydrogens (tertiary/aromatic N) is 3. The second-order valence-corrected chi connectivity index (χ2v) is 12.9. The average Bonchev–Trinajstić information content (AvgIpc) is 3.57. The number of fused-ring (bicyclic) bond motifs is 2. The SMILES string of the molecule is CNC(=O)c1c(-c2ccc(C)cc2)oc2cc(N(C)S(C)(=O)=O)c(-c3cc(-c4cc5ccccc5s4)cnn3)cc12. The number of furan rings is 1. The molecule has 10 heteroatoms. The third kappa shape index (κ3) is 4.85. The monoisotopic (exact) mass is 582 g/mol. The van der Waals surface area contributed by atoms with Crippen LogP contribution in [0.3, 0.4) is 0 Å². The number of sulfonamides is 1. The summed E-state index contributed by atoms with van der Waals surface area (Å²) in [5, 5.41) is 13.0. The number of amides is 1. The summed E-state index contributed by atoms with van der Waals surface area (Å²) in [5.74, 6) is 0.0779. The molecule has 1 N–H and O–H groups in total. The number of thiophene rings is 1. The highest BCUT2D eigenvalue weighted by Gasteiger charge is 2.26. The standard InChI is InChI=1S/C31H26N4O4S2/c1-18-9-11-19(12-10-18)30-29(31(36)32-2)23-15-22(25(16-26(23)39-30)35(3)41(4,37)38)24-13-21(17-33-34-24)28-14-20-7-5-6-8-27(20)40-28/h5-17H,1-4H3,(H,32,36). The zero-order valence-electron chi connectivity index (χ0n) is 22.8. The maximum atomic E-state index is 13.2. The normalized spacial score (nSPS) is 11.7. The van der Waals surface area contributed by atoms with Gasteiger partial charge >= 0.3 is 0 Å². The van der Waals surface area contributed by atoms with Gasteiger partial charge in [-0.3, -0.25) is 9.10 Å². The van der Waals surface area contributed by atoms with Crippen molar-refractivity contribution in [2.24, 2.45) is 0 Å². The molecule has 41 heavy (non-hydrogen) atoms. The first-order valence-corrected chi connectivity index (χ1v) is 15.5.